The van der Waals surface area contributed by atoms with Crippen LogP contribution in [0.15, 0.2) is 60.8 Å². The Bertz CT molecular complexity index is 913. The Morgan fingerprint density at radius 1 is 0.962 bits per heavy atom. The Balaban J connectivity index is 1.65. The zero-order valence-corrected chi connectivity index (χ0v) is 13.8. The molecular formula is C19H15F2N3O2. The second-order valence-corrected chi connectivity index (χ2v) is 5.37. The maximum Gasteiger partial charge on any atom is 0.255 e. The van der Waals surface area contributed by atoms with Gasteiger partial charge in [0.1, 0.15) is 11.6 Å². The number of rotatable bonds is 5. The number of aromatic nitrogens is 1. The standard InChI is InChI=1S/C19H15F2N3O2/c1-26-15-6-2-12(3-7-15)19(25)24-14-5-9-18(22-11-14)23-13-4-8-16(20)17(21)10-13/h2-11H,1H3,(H,22,23)(H,24,25). The minimum atomic E-state index is -0.946. The zero-order chi connectivity index (χ0) is 18.5. The van der Waals surface area contributed by atoms with Crippen LogP contribution < -0.4 is 15.4 Å². The second-order valence-electron chi connectivity index (χ2n) is 5.37. The lowest BCUT2D eigenvalue weighted by Crippen LogP contribution is -2.12. The predicted molar refractivity (Wildman–Crippen MR) is 94.8 cm³/mol. The van der Waals surface area contributed by atoms with E-state index in [0.29, 0.717) is 28.5 Å². The van der Waals surface area contributed by atoms with Crippen LogP contribution in [0.1, 0.15) is 10.4 Å². The number of hydrogen-bond acceptors (Lipinski definition) is 4. The van der Waals surface area contributed by atoms with Crippen molar-refractivity contribution in [2.45, 2.75) is 0 Å². The summed E-state index contributed by atoms with van der Waals surface area (Å²) in [5.41, 5.74) is 1.35. The molecule has 0 spiro atoms. The van der Waals surface area contributed by atoms with Gasteiger partial charge in [-0.2, -0.15) is 0 Å². The molecule has 0 saturated carbocycles. The van der Waals surface area contributed by atoms with Gasteiger partial charge in [-0.25, -0.2) is 13.8 Å². The van der Waals surface area contributed by atoms with Gasteiger partial charge >= 0.3 is 0 Å². The third-order valence-electron chi connectivity index (χ3n) is 3.57. The molecular weight excluding hydrogens is 340 g/mol. The van der Waals surface area contributed by atoms with Crippen LogP contribution in [0.25, 0.3) is 0 Å². The van der Waals surface area contributed by atoms with Crippen molar-refractivity contribution < 1.29 is 18.3 Å². The number of pyridine rings is 1. The minimum Gasteiger partial charge on any atom is -0.497 e. The topological polar surface area (TPSA) is 63.2 Å². The lowest BCUT2D eigenvalue weighted by molar-refractivity contribution is 0.102. The molecule has 0 radical (unpaired) electrons. The molecule has 7 heteroatoms. The van der Waals surface area contributed by atoms with E-state index in [0.717, 1.165) is 12.1 Å². The highest BCUT2D eigenvalue weighted by atomic mass is 19.2. The summed E-state index contributed by atoms with van der Waals surface area (Å²) in [6.45, 7) is 0. The van der Waals surface area contributed by atoms with Crippen molar-refractivity contribution >= 4 is 23.1 Å². The molecule has 132 valence electrons. The summed E-state index contributed by atoms with van der Waals surface area (Å²) < 4.78 is 31.2. The summed E-state index contributed by atoms with van der Waals surface area (Å²) in [6, 6.07) is 13.4. The fourth-order valence-electron chi connectivity index (χ4n) is 2.21. The summed E-state index contributed by atoms with van der Waals surface area (Å²) in [5, 5.41) is 5.58. The van der Waals surface area contributed by atoms with Crippen LogP contribution in [0.2, 0.25) is 0 Å². The minimum absolute atomic E-state index is 0.282. The van der Waals surface area contributed by atoms with E-state index < -0.39 is 11.6 Å². The summed E-state index contributed by atoms with van der Waals surface area (Å²) in [6.07, 6.45) is 1.46. The highest BCUT2D eigenvalue weighted by Crippen LogP contribution is 2.19. The summed E-state index contributed by atoms with van der Waals surface area (Å²) in [4.78, 5) is 16.3. The van der Waals surface area contributed by atoms with Crippen LogP contribution in [0.4, 0.5) is 26.0 Å². The van der Waals surface area contributed by atoms with Crippen molar-refractivity contribution in [3.8, 4) is 5.75 Å². The fourth-order valence-corrected chi connectivity index (χ4v) is 2.21. The highest BCUT2D eigenvalue weighted by Gasteiger charge is 2.07. The Kier molecular flexibility index (Phi) is 5.07. The van der Waals surface area contributed by atoms with Gasteiger partial charge in [0, 0.05) is 17.3 Å². The normalized spacial score (nSPS) is 10.3. The van der Waals surface area contributed by atoms with Crippen molar-refractivity contribution in [1.29, 1.82) is 0 Å². The predicted octanol–water partition coefficient (Wildman–Crippen LogP) is 4.36. The van der Waals surface area contributed by atoms with E-state index in [4.69, 9.17) is 4.74 Å². The van der Waals surface area contributed by atoms with Crippen LogP contribution in [-0.2, 0) is 0 Å². The third kappa shape index (κ3) is 4.13. The van der Waals surface area contributed by atoms with E-state index in [2.05, 4.69) is 15.6 Å². The van der Waals surface area contributed by atoms with Crippen LogP contribution in [-0.4, -0.2) is 18.0 Å². The van der Waals surface area contributed by atoms with Gasteiger partial charge in [0.15, 0.2) is 11.6 Å². The van der Waals surface area contributed by atoms with Crippen molar-refractivity contribution in [2.24, 2.45) is 0 Å². The van der Waals surface area contributed by atoms with Gasteiger partial charge in [0.2, 0.25) is 0 Å². The first-order valence-corrected chi connectivity index (χ1v) is 7.69. The third-order valence-corrected chi connectivity index (χ3v) is 3.57. The monoisotopic (exact) mass is 355 g/mol. The van der Waals surface area contributed by atoms with Crippen molar-refractivity contribution in [3.05, 3.63) is 78.0 Å². The number of carbonyl (C=O) groups is 1. The highest BCUT2D eigenvalue weighted by molar-refractivity contribution is 6.04. The molecule has 2 aromatic carbocycles. The van der Waals surface area contributed by atoms with Crippen LogP contribution in [0, 0.1) is 11.6 Å². The molecule has 3 aromatic rings. The number of nitrogens with one attached hydrogen (secondary N) is 2. The van der Waals surface area contributed by atoms with E-state index >= 15 is 0 Å². The lowest BCUT2D eigenvalue weighted by atomic mass is 10.2. The number of ether oxygens (including phenoxy) is 1. The Hall–Kier alpha value is -3.48. The first-order valence-electron chi connectivity index (χ1n) is 7.69. The molecule has 26 heavy (non-hydrogen) atoms. The molecule has 1 heterocycles. The number of hydrogen-bond donors (Lipinski definition) is 2. The Labute approximate surface area is 148 Å². The molecule has 5 nitrogen and oxygen atoms in total. The summed E-state index contributed by atoms with van der Waals surface area (Å²) >= 11 is 0. The van der Waals surface area contributed by atoms with Gasteiger partial charge in [-0.15, -0.1) is 0 Å². The van der Waals surface area contributed by atoms with Crippen LogP contribution in [0.5, 0.6) is 5.75 Å². The van der Waals surface area contributed by atoms with Crippen molar-refractivity contribution in [1.82, 2.24) is 4.98 Å². The fraction of sp³-hybridized carbons (Fsp3) is 0.0526. The van der Waals surface area contributed by atoms with Crippen LogP contribution in [0.3, 0.4) is 0 Å². The van der Waals surface area contributed by atoms with E-state index in [1.54, 1.807) is 43.5 Å². The smallest absolute Gasteiger partial charge is 0.255 e. The number of halogens is 2. The average molecular weight is 355 g/mol. The number of methoxy groups -OCH3 is 1. The molecule has 3 rings (SSSR count). The molecule has 0 aliphatic heterocycles. The molecule has 0 bridgehead atoms. The number of amides is 1. The first kappa shape index (κ1) is 17.3. The molecule has 0 aliphatic carbocycles. The van der Waals surface area contributed by atoms with Crippen molar-refractivity contribution in [2.75, 3.05) is 17.7 Å². The Morgan fingerprint density at radius 2 is 1.69 bits per heavy atom. The second kappa shape index (κ2) is 7.60. The molecule has 0 atom stereocenters. The van der Waals surface area contributed by atoms with Gasteiger partial charge in [-0.3, -0.25) is 4.79 Å². The summed E-state index contributed by atoms with van der Waals surface area (Å²) in [5.74, 6) is -1.05. The van der Waals surface area contributed by atoms with E-state index in [1.165, 1.54) is 12.3 Å². The van der Waals surface area contributed by atoms with E-state index in [1.807, 2.05) is 0 Å². The van der Waals surface area contributed by atoms with Gasteiger partial charge in [0.05, 0.1) is 19.0 Å². The van der Waals surface area contributed by atoms with Gasteiger partial charge < -0.3 is 15.4 Å². The Morgan fingerprint density at radius 3 is 2.31 bits per heavy atom. The quantitative estimate of drug-likeness (QED) is 0.714. The largest absolute Gasteiger partial charge is 0.497 e. The number of nitrogens with zero attached hydrogens (tertiary/aromatic N) is 1. The SMILES string of the molecule is COc1ccc(C(=O)Nc2ccc(Nc3ccc(F)c(F)c3)nc2)cc1. The number of anilines is 3. The first-order chi connectivity index (χ1) is 12.5. The molecule has 1 amide bonds. The average Bonchev–Trinajstić information content (AvgIpc) is 2.66. The lowest BCUT2D eigenvalue weighted by Gasteiger charge is -2.08. The van der Waals surface area contributed by atoms with E-state index in [9.17, 15) is 13.6 Å². The van der Waals surface area contributed by atoms with Crippen LogP contribution >= 0.6 is 0 Å². The van der Waals surface area contributed by atoms with Gasteiger partial charge in [0.25, 0.3) is 5.91 Å². The van der Waals surface area contributed by atoms with Crippen molar-refractivity contribution in [3.63, 3.8) is 0 Å². The molecule has 0 saturated heterocycles. The molecule has 1 aromatic heterocycles. The maximum absolute atomic E-state index is 13.2. The number of benzene rings is 2. The van der Waals surface area contributed by atoms with Gasteiger partial charge in [-0.1, -0.05) is 0 Å². The molecule has 0 unspecified atom stereocenters. The summed E-state index contributed by atoms with van der Waals surface area (Å²) in [7, 11) is 1.55. The van der Waals surface area contributed by atoms with E-state index in [-0.39, 0.29) is 5.91 Å². The number of carbonyl (C=O) groups excluding carboxylic acids is 1. The maximum atomic E-state index is 13.2. The zero-order valence-electron chi connectivity index (χ0n) is 13.8. The van der Waals surface area contributed by atoms with Gasteiger partial charge in [-0.05, 0) is 48.5 Å². The molecule has 0 fully saturated rings. The molecule has 0 aliphatic rings. The molecule has 2 N–H and O–H groups in total.